The van der Waals surface area contributed by atoms with Crippen molar-refractivity contribution in [3.05, 3.63) is 35.9 Å². The largest absolute Gasteiger partial charge is 0.388 e. The zero-order valence-corrected chi connectivity index (χ0v) is 11.1. The lowest BCUT2D eigenvalue weighted by atomic mass is 9.76. The summed E-state index contributed by atoms with van der Waals surface area (Å²) >= 11 is 0. The van der Waals surface area contributed by atoms with Gasteiger partial charge in [0.2, 0.25) is 0 Å². The van der Waals surface area contributed by atoms with Gasteiger partial charge < -0.3 is 5.11 Å². The maximum Gasteiger partial charge on any atom is 0.0834 e. The van der Waals surface area contributed by atoms with Crippen molar-refractivity contribution >= 4 is 0 Å². The van der Waals surface area contributed by atoms with Gasteiger partial charge in [0, 0.05) is 19.6 Å². The smallest absolute Gasteiger partial charge is 0.0834 e. The van der Waals surface area contributed by atoms with Crippen LogP contribution in [-0.2, 0) is 6.54 Å². The average Bonchev–Trinajstić information content (AvgIpc) is 2.62. The van der Waals surface area contributed by atoms with Crippen LogP contribution in [0.3, 0.4) is 0 Å². The van der Waals surface area contributed by atoms with Crippen LogP contribution in [-0.4, -0.2) is 28.7 Å². The highest BCUT2D eigenvalue weighted by Gasteiger charge is 2.45. The molecule has 1 heterocycles. The molecule has 2 rings (SSSR count). The number of β-amino-alcohol motifs (C(OH)–C–C–N with tert-alkyl or cyclic N) is 1. The molecule has 0 radical (unpaired) electrons. The topological polar surface area (TPSA) is 23.5 Å². The SMILES string of the molecule is CC(C)(C)C1(O)CCN(Cc2ccccc2)C1. The monoisotopic (exact) mass is 233 g/mol. The Morgan fingerprint density at radius 3 is 2.41 bits per heavy atom. The van der Waals surface area contributed by atoms with E-state index in [2.05, 4.69) is 49.9 Å². The van der Waals surface area contributed by atoms with Gasteiger partial charge in [-0.3, -0.25) is 4.90 Å². The second kappa shape index (κ2) is 4.43. The lowest BCUT2D eigenvalue weighted by Crippen LogP contribution is -2.45. The molecule has 17 heavy (non-hydrogen) atoms. The molecular weight excluding hydrogens is 210 g/mol. The van der Waals surface area contributed by atoms with Crippen LogP contribution in [0.4, 0.5) is 0 Å². The normalized spacial score (nSPS) is 26.4. The summed E-state index contributed by atoms with van der Waals surface area (Å²) in [6.07, 6.45) is 0.878. The number of nitrogens with zero attached hydrogens (tertiary/aromatic N) is 1. The Morgan fingerprint density at radius 2 is 1.88 bits per heavy atom. The number of hydrogen-bond donors (Lipinski definition) is 1. The first kappa shape index (κ1) is 12.6. The van der Waals surface area contributed by atoms with Crippen molar-refractivity contribution in [3.63, 3.8) is 0 Å². The minimum absolute atomic E-state index is 0.0432. The Morgan fingerprint density at radius 1 is 1.24 bits per heavy atom. The van der Waals surface area contributed by atoms with Crippen molar-refractivity contribution in [2.45, 2.75) is 39.3 Å². The van der Waals surface area contributed by atoms with E-state index in [1.165, 1.54) is 5.56 Å². The number of rotatable bonds is 2. The number of aliphatic hydroxyl groups is 1. The molecule has 1 saturated heterocycles. The standard InChI is InChI=1S/C15H23NO/c1-14(2,3)15(17)9-10-16(12-15)11-13-7-5-4-6-8-13/h4-8,17H,9-12H2,1-3H3. The molecule has 94 valence electrons. The molecular formula is C15H23NO. The van der Waals surface area contributed by atoms with Gasteiger partial charge in [0.05, 0.1) is 5.60 Å². The van der Waals surface area contributed by atoms with E-state index in [-0.39, 0.29) is 5.41 Å². The zero-order chi connectivity index (χ0) is 12.5. The highest BCUT2D eigenvalue weighted by atomic mass is 16.3. The van der Waals surface area contributed by atoms with Crippen molar-refractivity contribution in [1.82, 2.24) is 4.90 Å². The second-order valence-corrected chi connectivity index (χ2v) is 6.23. The molecule has 1 aliphatic heterocycles. The van der Waals surface area contributed by atoms with E-state index in [1.54, 1.807) is 0 Å². The van der Waals surface area contributed by atoms with Crippen molar-refractivity contribution < 1.29 is 5.11 Å². The Bertz CT molecular complexity index is 368. The Kier molecular flexibility index (Phi) is 3.28. The van der Waals surface area contributed by atoms with Gasteiger partial charge in [-0.05, 0) is 17.4 Å². The third-order valence-corrected chi connectivity index (χ3v) is 3.97. The fraction of sp³-hybridized carbons (Fsp3) is 0.600. The van der Waals surface area contributed by atoms with Crippen LogP contribution in [0.5, 0.6) is 0 Å². The molecule has 1 unspecified atom stereocenters. The summed E-state index contributed by atoms with van der Waals surface area (Å²) < 4.78 is 0. The molecule has 1 aliphatic rings. The van der Waals surface area contributed by atoms with E-state index in [1.807, 2.05) is 6.07 Å². The molecule has 0 aliphatic carbocycles. The number of likely N-dealkylation sites (tertiary alicyclic amines) is 1. The lowest BCUT2D eigenvalue weighted by molar-refractivity contribution is -0.0480. The molecule has 0 spiro atoms. The van der Waals surface area contributed by atoms with E-state index < -0.39 is 5.60 Å². The summed E-state index contributed by atoms with van der Waals surface area (Å²) in [5.41, 5.74) is 0.742. The predicted octanol–water partition coefficient (Wildman–Crippen LogP) is 2.67. The summed E-state index contributed by atoms with van der Waals surface area (Å²) in [6, 6.07) is 10.5. The summed E-state index contributed by atoms with van der Waals surface area (Å²) in [5, 5.41) is 10.6. The molecule has 0 amide bonds. The van der Waals surface area contributed by atoms with E-state index in [0.29, 0.717) is 0 Å². The van der Waals surface area contributed by atoms with Gasteiger partial charge in [0.25, 0.3) is 0 Å². The molecule has 0 saturated carbocycles. The molecule has 1 aromatic rings. The minimum atomic E-state index is -0.540. The first-order valence-corrected chi connectivity index (χ1v) is 6.39. The maximum absolute atomic E-state index is 10.6. The van der Waals surface area contributed by atoms with Crippen LogP contribution >= 0.6 is 0 Å². The van der Waals surface area contributed by atoms with Gasteiger partial charge in [-0.1, -0.05) is 51.1 Å². The van der Waals surface area contributed by atoms with E-state index in [4.69, 9.17) is 0 Å². The summed E-state index contributed by atoms with van der Waals surface area (Å²) in [6.45, 7) is 9.09. The highest BCUT2D eigenvalue weighted by molar-refractivity contribution is 5.15. The van der Waals surface area contributed by atoms with Crippen molar-refractivity contribution in [2.24, 2.45) is 5.41 Å². The van der Waals surface area contributed by atoms with Gasteiger partial charge in [-0.15, -0.1) is 0 Å². The fourth-order valence-electron chi connectivity index (χ4n) is 2.46. The third-order valence-electron chi connectivity index (χ3n) is 3.97. The molecule has 0 aromatic heterocycles. The molecule has 1 N–H and O–H groups in total. The molecule has 1 fully saturated rings. The van der Waals surface area contributed by atoms with Crippen LogP contribution in [0.15, 0.2) is 30.3 Å². The van der Waals surface area contributed by atoms with Crippen LogP contribution in [0, 0.1) is 5.41 Å². The van der Waals surface area contributed by atoms with Crippen LogP contribution < -0.4 is 0 Å². The number of benzene rings is 1. The average molecular weight is 233 g/mol. The summed E-state index contributed by atoms with van der Waals surface area (Å²) in [7, 11) is 0. The zero-order valence-electron chi connectivity index (χ0n) is 11.1. The lowest BCUT2D eigenvalue weighted by Gasteiger charge is -2.37. The van der Waals surface area contributed by atoms with Crippen molar-refractivity contribution in [3.8, 4) is 0 Å². The molecule has 1 atom stereocenters. The van der Waals surface area contributed by atoms with Crippen molar-refractivity contribution in [2.75, 3.05) is 13.1 Å². The van der Waals surface area contributed by atoms with Crippen molar-refractivity contribution in [1.29, 1.82) is 0 Å². The maximum atomic E-state index is 10.6. The van der Waals surface area contributed by atoms with Gasteiger partial charge in [-0.25, -0.2) is 0 Å². The van der Waals surface area contributed by atoms with E-state index >= 15 is 0 Å². The Labute approximate surface area is 104 Å². The van der Waals surface area contributed by atoms with Gasteiger partial charge in [0.15, 0.2) is 0 Å². The van der Waals surface area contributed by atoms with Gasteiger partial charge >= 0.3 is 0 Å². The molecule has 2 heteroatoms. The van der Waals surface area contributed by atoms with Crippen LogP contribution in [0.2, 0.25) is 0 Å². The van der Waals surface area contributed by atoms with Gasteiger partial charge in [-0.2, -0.15) is 0 Å². The fourth-order valence-corrected chi connectivity index (χ4v) is 2.46. The van der Waals surface area contributed by atoms with E-state index in [9.17, 15) is 5.11 Å². The van der Waals surface area contributed by atoms with Gasteiger partial charge in [0.1, 0.15) is 0 Å². The Hall–Kier alpha value is -0.860. The third kappa shape index (κ3) is 2.70. The second-order valence-electron chi connectivity index (χ2n) is 6.23. The molecule has 1 aromatic carbocycles. The quantitative estimate of drug-likeness (QED) is 0.849. The van der Waals surface area contributed by atoms with E-state index in [0.717, 1.165) is 26.1 Å². The molecule has 0 bridgehead atoms. The number of hydrogen-bond acceptors (Lipinski definition) is 2. The highest BCUT2D eigenvalue weighted by Crippen LogP contribution is 2.38. The first-order valence-electron chi connectivity index (χ1n) is 6.39. The minimum Gasteiger partial charge on any atom is -0.388 e. The van der Waals surface area contributed by atoms with Crippen LogP contribution in [0.25, 0.3) is 0 Å². The first-order chi connectivity index (χ1) is 7.91. The van der Waals surface area contributed by atoms with Crippen LogP contribution in [0.1, 0.15) is 32.8 Å². The summed E-state index contributed by atoms with van der Waals surface area (Å²) in [4.78, 5) is 2.35. The Balaban J connectivity index is 1.99. The predicted molar refractivity (Wildman–Crippen MR) is 70.7 cm³/mol. The summed E-state index contributed by atoms with van der Waals surface area (Å²) in [5.74, 6) is 0. The molecule has 2 nitrogen and oxygen atoms in total.